The molecular weight excluding hydrogens is 613 g/mol. The van der Waals surface area contributed by atoms with E-state index in [1.807, 2.05) is 0 Å². The number of methoxy groups -OCH3 is 1. The van der Waals surface area contributed by atoms with E-state index in [0.717, 1.165) is 18.4 Å². The zero-order valence-corrected chi connectivity index (χ0v) is 26.0. The zero-order chi connectivity index (χ0) is 32.3. The van der Waals surface area contributed by atoms with Crippen molar-refractivity contribution in [3.8, 4) is 11.5 Å². The number of nitrogens with one attached hydrogen (secondary N) is 2. The number of hydrogen-bond acceptors (Lipinski definition) is 10. The summed E-state index contributed by atoms with van der Waals surface area (Å²) in [6.45, 7) is 2.63. The molecule has 2 aromatic rings. The van der Waals surface area contributed by atoms with Gasteiger partial charge >= 0.3 is 19.2 Å². The van der Waals surface area contributed by atoms with Crippen molar-refractivity contribution in [3.05, 3.63) is 59.2 Å². The zero-order valence-electron chi connectivity index (χ0n) is 24.3. The lowest BCUT2D eigenvalue weighted by molar-refractivity contribution is -0.122. The van der Waals surface area contributed by atoms with Gasteiger partial charge in [0.2, 0.25) is 15.9 Å². The number of carbonyl (C=O) groups is 2. The van der Waals surface area contributed by atoms with Crippen molar-refractivity contribution in [1.29, 1.82) is 0 Å². The van der Waals surface area contributed by atoms with Gasteiger partial charge in [0.1, 0.15) is 23.1 Å². The van der Waals surface area contributed by atoms with Crippen molar-refractivity contribution in [3.63, 3.8) is 0 Å². The van der Waals surface area contributed by atoms with Gasteiger partial charge in [-0.15, -0.1) is 0 Å². The molecule has 0 bridgehead atoms. The number of sulfonamides is 1. The highest BCUT2D eigenvalue weighted by Crippen LogP contribution is 2.66. The van der Waals surface area contributed by atoms with E-state index >= 15 is 8.78 Å². The lowest BCUT2D eigenvalue weighted by Gasteiger charge is -2.26. The van der Waals surface area contributed by atoms with Gasteiger partial charge in [0.25, 0.3) is 0 Å². The van der Waals surface area contributed by atoms with E-state index in [1.54, 1.807) is 0 Å². The Kier molecular flexibility index (Phi) is 13.5. The summed E-state index contributed by atoms with van der Waals surface area (Å²) in [6.07, 6.45) is 1.59. The molecule has 0 fully saturated rings. The van der Waals surface area contributed by atoms with Crippen LogP contribution >= 0.6 is 7.60 Å². The van der Waals surface area contributed by atoms with Gasteiger partial charge < -0.3 is 28.9 Å². The monoisotopic (exact) mass is 650 g/mol. The largest absolute Gasteiger partial charge is 0.507 e. The van der Waals surface area contributed by atoms with Crippen molar-refractivity contribution in [2.75, 3.05) is 39.7 Å². The minimum absolute atomic E-state index is 0.109. The average molecular weight is 651 g/mol. The van der Waals surface area contributed by atoms with Crippen LogP contribution < -0.4 is 14.8 Å². The van der Waals surface area contributed by atoms with Crippen molar-refractivity contribution in [2.45, 2.75) is 44.8 Å². The molecule has 3 N–H and O–H groups in total. The number of aromatic hydroxyl groups is 1. The molecule has 16 heteroatoms. The highest BCUT2D eigenvalue weighted by molar-refractivity contribution is 7.88. The third kappa shape index (κ3) is 10.2. The van der Waals surface area contributed by atoms with Crippen molar-refractivity contribution >= 4 is 29.5 Å². The van der Waals surface area contributed by atoms with Gasteiger partial charge in [-0.05, 0) is 50.8 Å². The Morgan fingerprint density at radius 2 is 1.67 bits per heavy atom. The van der Waals surface area contributed by atoms with Gasteiger partial charge in [0.05, 0.1) is 33.2 Å². The first-order valence-electron chi connectivity index (χ1n) is 13.3. The lowest BCUT2D eigenvalue weighted by Crippen LogP contribution is -2.47. The number of benzene rings is 2. The summed E-state index contributed by atoms with van der Waals surface area (Å²) >= 11 is 0. The third-order valence-electron chi connectivity index (χ3n) is 5.88. The number of esters is 1. The number of ether oxygens (including phenoxy) is 2. The molecule has 0 radical (unpaired) electrons. The van der Waals surface area contributed by atoms with Gasteiger partial charge in [0, 0.05) is 12.1 Å². The van der Waals surface area contributed by atoms with Gasteiger partial charge in [-0.25, -0.2) is 17.9 Å². The van der Waals surface area contributed by atoms with Crippen LogP contribution in [0.4, 0.5) is 8.78 Å². The molecule has 0 aliphatic heterocycles. The number of phenolic OH excluding ortho intramolecular Hbond substituents is 1. The predicted octanol–water partition coefficient (Wildman–Crippen LogP) is 3.93. The van der Waals surface area contributed by atoms with E-state index in [4.69, 9.17) is 13.8 Å². The number of rotatable bonds is 18. The van der Waals surface area contributed by atoms with Crippen LogP contribution in [0.5, 0.6) is 11.5 Å². The molecule has 1 amide bonds. The summed E-state index contributed by atoms with van der Waals surface area (Å²) in [6, 6.07) is 7.67. The second kappa shape index (κ2) is 16.1. The van der Waals surface area contributed by atoms with E-state index < -0.39 is 46.8 Å². The van der Waals surface area contributed by atoms with Crippen LogP contribution in [0.3, 0.4) is 0 Å². The van der Waals surface area contributed by atoms with Crippen LogP contribution in [0.25, 0.3) is 0 Å². The fourth-order valence-electron chi connectivity index (χ4n) is 3.91. The number of carbonyl (C=O) groups excluding carboxylic acids is 2. The molecule has 43 heavy (non-hydrogen) atoms. The Morgan fingerprint density at radius 3 is 2.23 bits per heavy atom. The second-order valence-corrected chi connectivity index (χ2v) is 13.1. The highest BCUT2D eigenvalue weighted by Gasteiger charge is 2.54. The number of amides is 1. The average Bonchev–Trinajstić information content (AvgIpc) is 2.94. The number of phenols is 1. The molecule has 0 saturated heterocycles. The molecule has 0 saturated carbocycles. The summed E-state index contributed by atoms with van der Waals surface area (Å²) in [7, 11) is -7.45. The summed E-state index contributed by atoms with van der Waals surface area (Å²) in [4.78, 5) is 24.7. The molecule has 0 aromatic heterocycles. The molecule has 12 nitrogen and oxygen atoms in total. The molecule has 2 rings (SSSR count). The maximum atomic E-state index is 15.0. The van der Waals surface area contributed by atoms with Crippen LogP contribution in [-0.4, -0.2) is 71.2 Å². The van der Waals surface area contributed by atoms with E-state index in [2.05, 4.69) is 14.8 Å². The maximum Gasteiger partial charge on any atom is 0.404 e. The van der Waals surface area contributed by atoms with Gasteiger partial charge in [-0.2, -0.15) is 8.78 Å². The predicted molar refractivity (Wildman–Crippen MR) is 154 cm³/mol. The molecule has 0 heterocycles. The minimum Gasteiger partial charge on any atom is -0.507 e. The van der Waals surface area contributed by atoms with Gasteiger partial charge in [-0.1, -0.05) is 30.3 Å². The van der Waals surface area contributed by atoms with Gasteiger partial charge in [0.15, 0.2) is 0 Å². The summed E-state index contributed by atoms with van der Waals surface area (Å²) in [5.74, 6) is -1.56. The highest BCUT2D eigenvalue weighted by atomic mass is 32.2. The van der Waals surface area contributed by atoms with E-state index in [1.165, 1.54) is 51.3 Å². The fraction of sp³-hybridized carbons (Fsp3) is 0.481. The van der Waals surface area contributed by atoms with Crippen molar-refractivity contribution < 1.29 is 55.0 Å². The first-order chi connectivity index (χ1) is 20.2. The maximum absolute atomic E-state index is 15.0. The summed E-state index contributed by atoms with van der Waals surface area (Å²) < 4.78 is 88.6. The lowest BCUT2D eigenvalue weighted by atomic mass is 10.0. The van der Waals surface area contributed by atoms with E-state index in [0.29, 0.717) is 18.4 Å². The first-order valence-corrected chi connectivity index (χ1v) is 16.8. The normalized spacial score (nSPS) is 12.9. The SMILES string of the molecule is CCOP(=O)(OCC)C(F)(F)c1ccc(CC(NS(C)(=O)=O)C(=O)NCCCCOc2cccc(O)c2C(=O)OC)cc1. The summed E-state index contributed by atoms with van der Waals surface area (Å²) in [5, 5.41) is 12.6. The van der Waals surface area contributed by atoms with Crippen LogP contribution in [0.2, 0.25) is 0 Å². The third-order valence-corrected chi connectivity index (χ3v) is 8.73. The van der Waals surface area contributed by atoms with E-state index in [-0.39, 0.29) is 49.8 Å². The topological polar surface area (TPSA) is 167 Å². The number of unbranched alkanes of at least 4 members (excludes halogenated alkanes) is 1. The van der Waals surface area contributed by atoms with Crippen molar-refractivity contribution in [2.24, 2.45) is 0 Å². The molecular formula is C27H37F2N2O10PS. The first kappa shape index (κ1) is 36.1. The van der Waals surface area contributed by atoms with Gasteiger partial charge in [-0.3, -0.25) is 9.36 Å². The molecule has 0 aliphatic carbocycles. The van der Waals surface area contributed by atoms with Crippen LogP contribution in [-0.2, 0) is 45.3 Å². The number of halogens is 2. The number of alkyl halides is 2. The quantitative estimate of drug-likeness (QED) is 0.122. The number of hydrogen-bond donors (Lipinski definition) is 3. The molecule has 2 aromatic carbocycles. The molecule has 240 valence electrons. The van der Waals surface area contributed by atoms with Crippen molar-refractivity contribution in [1.82, 2.24) is 10.0 Å². The van der Waals surface area contributed by atoms with E-state index in [9.17, 15) is 27.7 Å². The van der Waals surface area contributed by atoms with Crippen LogP contribution in [0.1, 0.15) is 48.2 Å². The van der Waals surface area contributed by atoms with Crippen LogP contribution in [0, 0.1) is 0 Å². The Balaban J connectivity index is 2.00. The molecule has 0 spiro atoms. The Labute approximate surface area is 249 Å². The molecule has 1 atom stereocenters. The Morgan fingerprint density at radius 1 is 1.05 bits per heavy atom. The molecule has 0 aliphatic rings. The molecule has 1 unspecified atom stereocenters. The minimum atomic E-state index is -4.81. The summed E-state index contributed by atoms with van der Waals surface area (Å²) in [5.41, 5.74) is -4.31. The Bertz CT molecular complexity index is 1380. The Hall–Kier alpha value is -3.10. The van der Waals surface area contributed by atoms with Crippen LogP contribution in [0.15, 0.2) is 42.5 Å². The standard InChI is InChI=1S/C27H37F2N2O10PS/c1-5-40-42(35,41-6-2)27(28,29)20-14-12-19(13-15-20)18-21(31-43(4,36)37)25(33)30-16-7-8-17-39-23-11-9-10-22(32)24(23)26(34)38-3/h9-15,21,31-32H,5-8,16-18H2,1-4H3,(H,30,33). The fourth-order valence-corrected chi connectivity index (χ4v) is 6.16. The smallest absolute Gasteiger partial charge is 0.404 e. The second-order valence-electron chi connectivity index (χ2n) is 9.21.